The van der Waals surface area contributed by atoms with Crippen LogP contribution in [0.25, 0.3) is 0 Å². The lowest BCUT2D eigenvalue weighted by Crippen LogP contribution is -2.00. The Morgan fingerprint density at radius 3 is 2.54 bits per heavy atom. The molecule has 5 heteroatoms. The van der Waals surface area contributed by atoms with Crippen molar-refractivity contribution in [3.8, 4) is 0 Å². The van der Waals surface area contributed by atoms with Crippen LogP contribution >= 0.6 is 11.6 Å². The highest BCUT2D eigenvalue weighted by Gasteiger charge is 2.20. The van der Waals surface area contributed by atoms with Gasteiger partial charge in [-0.15, -0.1) is 0 Å². The van der Waals surface area contributed by atoms with E-state index in [1.807, 2.05) is 0 Å². The number of benzene rings is 1. The molecule has 68 valence electrons. The van der Waals surface area contributed by atoms with E-state index in [9.17, 15) is 14.9 Å². The molecule has 0 saturated carbocycles. The second kappa shape index (κ2) is 3.53. The highest BCUT2D eigenvalue weighted by molar-refractivity contribution is 6.33. The molecule has 1 aromatic carbocycles. The molecule has 0 spiro atoms. The van der Waals surface area contributed by atoms with Gasteiger partial charge in [0, 0.05) is 0 Å². The maximum absolute atomic E-state index is 11.0. The molecule has 0 amide bonds. The number of carbonyl (C=O) groups is 1. The maximum Gasteiger partial charge on any atom is 0.298 e. The number of hydrogen-bond donors (Lipinski definition) is 0. The molecular formula is C8H6ClNO3. The lowest BCUT2D eigenvalue weighted by molar-refractivity contribution is -0.385. The van der Waals surface area contributed by atoms with Gasteiger partial charge in [-0.05, 0) is 19.1 Å². The summed E-state index contributed by atoms with van der Waals surface area (Å²) in [5, 5.41) is 10.5. The average Bonchev–Trinajstić information content (AvgIpc) is 2.02. The Morgan fingerprint density at radius 1 is 1.54 bits per heavy atom. The zero-order valence-electron chi connectivity index (χ0n) is 6.78. The first-order valence-electron chi connectivity index (χ1n) is 3.48. The molecule has 13 heavy (non-hydrogen) atoms. The first kappa shape index (κ1) is 9.67. The zero-order chi connectivity index (χ0) is 10.0. The van der Waals surface area contributed by atoms with Gasteiger partial charge >= 0.3 is 0 Å². The number of ketones is 1. The fourth-order valence-electron chi connectivity index (χ4n) is 0.985. The second-order valence-corrected chi connectivity index (χ2v) is 2.86. The third kappa shape index (κ3) is 1.84. The van der Waals surface area contributed by atoms with E-state index < -0.39 is 4.92 Å². The first-order chi connectivity index (χ1) is 6.04. The predicted molar refractivity (Wildman–Crippen MR) is 48.1 cm³/mol. The summed E-state index contributed by atoms with van der Waals surface area (Å²) in [7, 11) is 0. The predicted octanol–water partition coefficient (Wildman–Crippen LogP) is 2.45. The van der Waals surface area contributed by atoms with Gasteiger partial charge in [0.25, 0.3) is 5.69 Å². The van der Waals surface area contributed by atoms with Crippen LogP contribution in [-0.2, 0) is 0 Å². The summed E-state index contributed by atoms with van der Waals surface area (Å²) >= 11 is 5.57. The first-order valence-corrected chi connectivity index (χ1v) is 3.85. The van der Waals surface area contributed by atoms with Crippen molar-refractivity contribution >= 4 is 23.1 Å². The quantitative estimate of drug-likeness (QED) is 0.418. The number of hydrogen-bond acceptors (Lipinski definition) is 3. The van der Waals surface area contributed by atoms with Crippen LogP contribution in [0.4, 0.5) is 5.69 Å². The molecular weight excluding hydrogens is 194 g/mol. The molecule has 4 nitrogen and oxygen atoms in total. The Kier molecular flexibility index (Phi) is 2.63. The van der Waals surface area contributed by atoms with Crippen molar-refractivity contribution in [1.82, 2.24) is 0 Å². The zero-order valence-corrected chi connectivity index (χ0v) is 7.54. The molecule has 0 N–H and O–H groups in total. The Bertz CT molecular complexity index is 376. The molecule has 0 aliphatic rings. The van der Waals surface area contributed by atoms with Gasteiger partial charge in [-0.3, -0.25) is 14.9 Å². The van der Waals surface area contributed by atoms with E-state index >= 15 is 0 Å². The number of nitro benzene ring substituents is 1. The number of rotatable bonds is 2. The van der Waals surface area contributed by atoms with Crippen LogP contribution in [0.3, 0.4) is 0 Å². The van der Waals surface area contributed by atoms with Crippen molar-refractivity contribution < 1.29 is 9.72 Å². The van der Waals surface area contributed by atoms with E-state index in [1.54, 1.807) is 0 Å². The molecule has 0 aliphatic carbocycles. The summed E-state index contributed by atoms with van der Waals surface area (Å²) in [5.41, 5.74) is -0.283. The van der Waals surface area contributed by atoms with E-state index in [2.05, 4.69) is 0 Å². The van der Waals surface area contributed by atoms with E-state index in [1.165, 1.54) is 25.1 Å². The molecule has 0 saturated heterocycles. The standard InChI is InChI=1S/C8H6ClNO3/c1-5(11)6-3-2-4-7(9)8(6)10(12)13/h2-4H,1H3. The molecule has 1 aromatic rings. The summed E-state index contributed by atoms with van der Waals surface area (Å²) in [6, 6.07) is 4.27. The van der Waals surface area contributed by atoms with E-state index in [0.717, 1.165) is 0 Å². The highest BCUT2D eigenvalue weighted by atomic mass is 35.5. The summed E-state index contributed by atoms with van der Waals surface area (Å²) in [6.45, 7) is 1.26. The minimum atomic E-state index is -0.654. The largest absolute Gasteiger partial charge is 0.298 e. The summed E-state index contributed by atoms with van der Waals surface area (Å²) in [6.07, 6.45) is 0. The van der Waals surface area contributed by atoms with Gasteiger partial charge in [0.1, 0.15) is 5.02 Å². The van der Waals surface area contributed by atoms with Crippen LogP contribution in [0.15, 0.2) is 18.2 Å². The normalized spacial score (nSPS) is 9.69. The average molecular weight is 200 g/mol. The number of nitro groups is 1. The lowest BCUT2D eigenvalue weighted by Gasteiger charge is -1.99. The van der Waals surface area contributed by atoms with E-state index in [4.69, 9.17) is 11.6 Å². The Morgan fingerprint density at radius 2 is 2.15 bits per heavy atom. The maximum atomic E-state index is 11.0. The molecule has 0 unspecified atom stereocenters. The van der Waals surface area contributed by atoms with Crippen molar-refractivity contribution in [2.24, 2.45) is 0 Å². The van der Waals surface area contributed by atoms with Crippen LogP contribution < -0.4 is 0 Å². The van der Waals surface area contributed by atoms with Crippen LogP contribution in [0.2, 0.25) is 5.02 Å². The number of carbonyl (C=O) groups excluding carboxylic acids is 1. The third-order valence-electron chi connectivity index (χ3n) is 1.55. The fraction of sp³-hybridized carbons (Fsp3) is 0.125. The smallest absolute Gasteiger partial charge is 0.294 e. The summed E-state index contributed by atoms with van der Waals surface area (Å²) in [5.74, 6) is -0.366. The molecule has 1 rings (SSSR count). The Hall–Kier alpha value is -1.42. The van der Waals surface area contributed by atoms with Gasteiger partial charge in [-0.25, -0.2) is 0 Å². The summed E-state index contributed by atoms with van der Waals surface area (Å²) in [4.78, 5) is 20.8. The molecule has 0 aliphatic heterocycles. The third-order valence-corrected chi connectivity index (χ3v) is 1.85. The van der Waals surface area contributed by atoms with Crippen LogP contribution in [0, 0.1) is 10.1 Å². The SMILES string of the molecule is CC(=O)c1cccc(Cl)c1[N+](=O)[O-]. The van der Waals surface area contributed by atoms with Gasteiger partial charge < -0.3 is 0 Å². The van der Waals surface area contributed by atoms with Crippen molar-refractivity contribution in [3.63, 3.8) is 0 Å². The lowest BCUT2D eigenvalue weighted by atomic mass is 10.1. The van der Waals surface area contributed by atoms with Crippen LogP contribution in [0.1, 0.15) is 17.3 Å². The number of nitrogens with zero attached hydrogens (tertiary/aromatic N) is 1. The van der Waals surface area contributed by atoms with E-state index in [0.29, 0.717) is 0 Å². The van der Waals surface area contributed by atoms with Crippen molar-refractivity contribution in [1.29, 1.82) is 0 Å². The van der Waals surface area contributed by atoms with Gasteiger partial charge in [0.2, 0.25) is 0 Å². The topological polar surface area (TPSA) is 60.2 Å². The van der Waals surface area contributed by atoms with Crippen LogP contribution in [0.5, 0.6) is 0 Å². The molecule has 0 radical (unpaired) electrons. The number of Topliss-reactive ketones (excluding diaryl/α,β-unsaturated/α-hetero) is 1. The molecule has 0 aromatic heterocycles. The van der Waals surface area contributed by atoms with Crippen molar-refractivity contribution in [3.05, 3.63) is 38.9 Å². The highest BCUT2D eigenvalue weighted by Crippen LogP contribution is 2.28. The van der Waals surface area contributed by atoms with E-state index in [-0.39, 0.29) is 22.1 Å². The minimum absolute atomic E-state index is 0.0160. The Balaban J connectivity index is 3.43. The fourth-order valence-corrected chi connectivity index (χ4v) is 1.23. The monoisotopic (exact) mass is 199 g/mol. The number of halogens is 1. The number of para-hydroxylation sites is 1. The minimum Gasteiger partial charge on any atom is -0.294 e. The molecule has 0 atom stereocenters. The molecule has 0 fully saturated rings. The van der Waals surface area contributed by atoms with Gasteiger partial charge in [0.05, 0.1) is 10.5 Å². The van der Waals surface area contributed by atoms with Gasteiger partial charge in [-0.1, -0.05) is 17.7 Å². The molecule has 0 bridgehead atoms. The summed E-state index contributed by atoms with van der Waals surface area (Å²) < 4.78 is 0. The second-order valence-electron chi connectivity index (χ2n) is 2.45. The molecule has 0 heterocycles. The van der Waals surface area contributed by atoms with Gasteiger partial charge in [-0.2, -0.15) is 0 Å². The Labute approximate surface area is 79.3 Å². The van der Waals surface area contributed by atoms with Crippen molar-refractivity contribution in [2.75, 3.05) is 0 Å². The van der Waals surface area contributed by atoms with Crippen LogP contribution in [-0.4, -0.2) is 10.7 Å². The van der Waals surface area contributed by atoms with Crippen molar-refractivity contribution in [2.45, 2.75) is 6.92 Å². The van der Waals surface area contributed by atoms with Gasteiger partial charge in [0.15, 0.2) is 5.78 Å².